The normalized spacial score (nSPS) is 14.5. The molecular weight excluding hydrogens is 699 g/mol. The highest BCUT2D eigenvalue weighted by molar-refractivity contribution is 6.09. The Morgan fingerprint density at radius 3 is 1.91 bits per heavy atom. The second kappa shape index (κ2) is 13.4. The van der Waals surface area contributed by atoms with Crippen molar-refractivity contribution in [3.63, 3.8) is 0 Å². The quantitative estimate of drug-likeness (QED) is 0.164. The summed E-state index contributed by atoms with van der Waals surface area (Å²) in [5.74, 6) is 1.73. The van der Waals surface area contributed by atoms with Gasteiger partial charge in [-0.15, -0.1) is 0 Å². The summed E-state index contributed by atoms with van der Waals surface area (Å²) in [6.07, 6.45) is 3.73. The summed E-state index contributed by atoms with van der Waals surface area (Å²) >= 11 is 0. The van der Waals surface area contributed by atoms with Crippen LogP contribution < -0.4 is 13.9 Å². The number of rotatable bonds is 5. The van der Waals surface area contributed by atoms with Crippen molar-refractivity contribution in [1.82, 2.24) is 23.7 Å². The van der Waals surface area contributed by atoms with Crippen molar-refractivity contribution in [3.05, 3.63) is 138 Å². The summed E-state index contributed by atoms with van der Waals surface area (Å²) in [7, 11) is 0. The van der Waals surface area contributed by atoms with Gasteiger partial charge >= 0.3 is 6.01 Å². The molecule has 0 saturated heterocycles. The van der Waals surface area contributed by atoms with E-state index < -0.39 is 0 Å². The monoisotopic (exact) mass is 757 g/mol. The fourth-order valence-electron chi connectivity index (χ4n) is 7.65. The maximum absolute atomic E-state index is 9.32. The van der Waals surface area contributed by atoms with E-state index in [9.17, 15) is 2.74 Å². The standard InChI is InChI=1S/C51H55N5O/c1-48(2,3)33-24-25-52-45(28-33)56-41-21-14-13-18-37(41)38-31-53-46(30-44(38)56)57-36-27-34(49(4,5)6)26-35(29-36)54-32-55(43-23-16-15-22-42(43)54)47-39(50(7,8)9)19-17-20-40(47)51(10,11)12/h13-31H,1-12H3/q+2/i15D,16D,22D,23D. The average Bonchev–Trinajstić information content (AvgIpc) is 3.74. The fraction of sp³-hybridized carbons (Fsp3) is 0.314. The predicted molar refractivity (Wildman–Crippen MR) is 238 cm³/mol. The lowest BCUT2D eigenvalue weighted by Gasteiger charge is -2.25. The number of nitrogens with zero attached hydrogens (tertiary/aromatic N) is 5. The fourth-order valence-corrected chi connectivity index (χ4v) is 7.65. The SMILES string of the molecule is [2H]c1c([2H])c([2H])c2c(c1[2H])[N+](c1cc(Oc3cc4c(cn3)c3ccccc3n4-c3cc(C(C)(C)C)ccn3)cc(C(C)(C)C)c1)=C=[N+]2c1c(C(C)(C)C)cccc1C(C)(C)C. The summed E-state index contributed by atoms with van der Waals surface area (Å²) in [6.45, 7) is 26.0. The molecule has 0 fully saturated rings. The number of para-hydroxylation sites is 4. The van der Waals surface area contributed by atoms with E-state index in [2.05, 4.69) is 142 Å². The van der Waals surface area contributed by atoms with Crippen molar-refractivity contribution in [2.75, 3.05) is 0 Å². The van der Waals surface area contributed by atoms with Crippen molar-refractivity contribution >= 4 is 50.6 Å². The van der Waals surface area contributed by atoms with Crippen LogP contribution in [0.1, 0.15) is 111 Å². The van der Waals surface area contributed by atoms with Crippen LogP contribution in [-0.2, 0) is 21.7 Å². The molecule has 1 aliphatic heterocycles. The summed E-state index contributed by atoms with van der Waals surface area (Å²) in [5, 5.41) is 2.04. The predicted octanol–water partition coefficient (Wildman–Crippen LogP) is 13.4. The molecule has 0 aliphatic carbocycles. The van der Waals surface area contributed by atoms with Gasteiger partial charge in [0.1, 0.15) is 11.6 Å². The first kappa shape index (κ1) is 33.3. The summed E-state index contributed by atoms with van der Waals surface area (Å²) in [5.41, 5.74) is 7.33. The molecule has 6 heteroatoms. The maximum Gasteiger partial charge on any atom is 0.503 e. The molecule has 7 aromatic rings. The second-order valence-corrected chi connectivity index (χ2v) is 19.3. The molecule has 4 heterocycles. The van der Waals surface area contributed by atoms with Crippen LogP contribution in [0.5, 0.6) is 11.6 Å². The zero-order chi connectivity index (χ0) is 44.1. The number of benzene rings is 4. The van der Waals surface area contributed by atoms with Gasteiger partial charge in [-0.25, -0.2) is 9.97 Å². The second-order valence-electron chi connectivity index (χ2n) is 19.3. The van der Waals surface area contributed by atoms with Gasteiger partial charge < -0.3 is 4.74 Å². The number of fused-ring (bicyclic) bond motifs is 4. The van der Waals surface area contributed by atoms with Crippen LogP contribution in [0, 0.1) is 0 Å². The third kappa shape index (κ3) is 6.97. The molecule has 0 unspecified atom stereocenters. The first-order valence-electron chi connectivity index (χ1n) is 21.8. The van der Waals surface area contributed by atoms with E-state index in [4.69, 9.17) is 17.4 Å². The van der Waals surface area contributed by atoms with Gasteiger partial charge in [0, 0.05) is 58.5 Å². The highest BCUT2D eigenvalue weighted by Gasteiger charge is 2.42. The van der Waals surface area contributed by atoms with Crippen LogP contribution in [0.3, 0.4) is 0 Å². The van der Waals surface area contributed by atoms with Crippen molar-refractivity contribution in [3.8, 4) is 17.4 Å². The molecule has 0 atom stereocenters. The van der Waals surface area contributed by atoms with Crippen LogP contribution >= 0.6 is 0 Å². The van der Waals surface area contributed by atoms with Crippen LogP contribution in [0.4, 0.5) is 22.7 Å². The first-order valence-corrected chi connectivity index (χ1v) is 19.8. The molecule has 6 nitrogen and oxygen atoms in total. The van der Waals surface area contributed by atoms with E-state index in [1.807, 2.05) is 47.3 Å². The molecule has 3 aromatic heterocycles. The van der Waals surface area contributed by atoms with E-state index in [-0.39, 0.29) is 45.8 Å². The molecule has 0 spiro atoms. The van der Waals surface area contributed by atoms with Gasteiger partial charge in [-0.1, -0.05) is 132 Å². The summed E-state index contributed by atoms with van der Waals surface area (Å²) in [4.78, 5) is 9.69. The lowest BCUT2D eigenvalue weighted by Crippen LogP contribution is -2.21. The molecule has 288 valence electrons. The van der Waals surface area contributed by atoms with Crippen molar-refractivity contribution in [1.29, 1.82) is 0 Å². The molecule has 0 radical (unpaired) electrons. The Morgan fingerprint density at radius 2 is 1.26 bits per heavy atom. The molecule has 4 aromatic carbocycles. The summed E-state index contributed by atoms with van der Waals surface area (Å²) in [6, 6.07) is 29.4. The number of aromatic nitrogens is 3. The smallest absolute Gasteiger partial charge is 0.439 e. The van der Waals surface area contributed by atoms with Gasteiger partial charge in [-0.2, -0.15) is 0 Å². The average molecular weight is 758 g/mol. The molecule has 0 amide bonds. The minimum absolute atomic E-state index is 0.0661. The number of pyridine rings is 2. The van der Waals surface area contributed by atoms with Crippen molar-refractivity contribution in [2.24, 2.45) is 0 Å². The van der Waals surface area contributed by atoms with Gasteiger partial charge in [-0.05, 0) is 66.2 Å². The Balaban J connectivity index is 1.36. The Labute approximate surface area is 343 Å². The van der Waals surface area contributed by atoms with Gasteiger partial charge in [0.05, 0.1) is 22.6 Å². The van der Waals surface area contributed by atoms with E-state index in [1.54, 1.807) is 4.58 Å². The van der Waals surface area contributed by atoms with E-state index in [1.165, 1.54) is 5.56 Å². The van der Waals surface area contributed by atoms with Crippen molar-refractivity contribution < 1.29 is 10.2 Å². The van der Waals surface area contributed by atoms with Gasteiger partial charge in [-0.3, -0.25) is 4.57 Å². The zero-order valence-corrected chi connectivity index (χ0v) is 35.3. The molecule has 0 N–H and O–H groups in total. The van der Waals surface area contributed by atoms with Crippen LogP contribution in [0.25, 0.3) is 27.6 Å². The third-order valence-electron chi connectivity index (χ3n) is 10.8. The van der Waals surface area contributed by atoms with Gasteiger partial charge in [0.2, 0.25) is 17.3 Å². The topological polar surface area (TPSA) is 46.0 Å². The minimum atomic E-state index is -0.321. The Hall–Kier alpha value is -5.84. The minimum Gasteiger partial charge on any atom is -0.439 e. The van der Waals surface area contributed by atoms with Crippen molar-refractivity contribution in [2.45, 2.75) is 105 Å². The number of hydrogen-bond donors (Lipinski definition) is 0. The molecule has 0 bridgehead atoms. The Morgan fingerprint density at radius 1 is 0.614 bits per heavy atom. The maximum atomic E-state index is 9.32. The zero-order valence-electron chi connectivity index (χ0n) is 39.3. The third-order valence-corrected chi connectivity index (χ3v) is 10.8. The Bertz CT molecular complexity index is 2990. The molecule has 8 rings (SSSR count). The van der Waals surface area contributed by atoms with Gasteiger partial charge in [0.25, 0.3) is 11.4 Å². The van der Waals surface area contributed by atoms with E-state index >= 15 is 0 Å². The lowest BCUT2D eigenvalue weighted by molar-refractivity contribution is 0.460. The van der Waals surface area contributed by atoms with E-state index in [0.717, 1.165) is 50.0 Å². The Kier molecular flexibility index (Phi) is 7.82. The number of hydrogen-bond acceptors (Lipinski definition) is 3. The number of ether oxygens (including phenoxy) is 1. The molecular formula is C51H55N5O+2. The highest BCUT2D eigenvalue weighted by Crippen LogP contribution is 2.45. The molecule has 57 heavy (non-hydrogen) atoms. The lowest BCUT2D eigenvalue weighted by atomic mass is 9.78. The van der Waals surface area contributed by atoms with Crippen LogP contribution in [0.15, 0.2) is 115 Å². The first-order chi connectivity index (χ1) is 28.4. The van der Waals surface area contributed by atoms with Gasteiger partial charge in [0.15, 0.2) is 0 Å². The summed E-state index contributed by atoms with van der Waals surface area (Å²) < 4.78 is 48.8. The van der Waals surface area contributed by atoms with Crippen LogP contribution in [0.2, 0.25) is 0 Å². The largest absolute Gasteiger partial charge is 0.503 e. The molecule has 0 saturated carbocycles. The van der Waals surface area contributed by atoms with E-state index in [0.29, 0.717) is 28.7 Å². The highest BCUT2D eigenvalue weighted by atomic mass is 16.5. The van der Waals surface area contributed by atoms with Crippen LogP contribution in [-0.4, -0.2) is 20.5 Å². The molecule has 1 aliphatic rings.